The molecule has 0 radical (unpaired) electrons. The van der Waals surface area contributed by atoms with Gasteiger partial charge in [-0.15, -0.1) is 0 Å². The molecule has 0 aliphatic carbocycles. The number of nitrogens with one attached hydrogen (secondary N) is 1. The summed E-state index contributed by atoms with van der Waals surface area (Å²) in [7, 11) is 0. The Morgan fingerprint density at radius 2 is 1.85 bits per heavy atom. The molecule has 3 fully saturated rings. The fourth-order valence-corrected chi connectivity index (χ4v) is 6.53. The van der Waals surface area contributed by atoms with Crippen LogP contribution in [0.15, 0.2) is 42.5 Å². The molecule has 2 N–H and O–H groups in total. The summed E-state index contributed by atoms with van der Waals surface area (Å²) in [4.78, 5) is 14.0. The summed E-state index contributed by atoms with van der Waals surface area (Å²) in [5.74, 6) is 0.162. The molecule has 0 unspecified atom stereocenters. The topological polar surface area (TPSA) is 73.8 Å². The third-order valence-corrected chi connectivity index (χ3v) is 8.57. The van der Waals surface area contributed by atoms with Crippen molar-refractivity contribution in [3.8, 4) is 22.9 Å². The molecule has 4 heterocycles. The Bertz CT molecular complexity index is 1550. The average Bonchev–Trinajstić information content (AvgIpc) is 3.24. The molecule has 9 heteroatoms. The number of piperazine rings is 1. The van der Waals surface area contributed by atoms with Gasteiger partial charge in [-0.1, -0.05) is 35.9 Å². The lowest BCUT2D eigenvalue weighted by Gasteiger charge is -2.34. The summed E-state index contributed by atoms with van der Waals surface area (Å²) in [5.41, 5.74) is 0.910. The normalized spacial score (nSPS) is 21.0. The van der Waals surface area contributed by atoms with Gasteiger partial charge in [0, 0.05) is 42.7 Å². The van der Waals surface area contributed by atoms with Crippen LogP contribution in [0.1, 0.15) is 25.7 Å². The Balaban J connectivity index is 1.34. The second kappa shape index (κ2) is 10.1. The van der Waals surface area contributed by atoms with Gasteiger partial charge in [0.25, 0.3) is 0 Å². The zero-order valence-corrected chi connectivity index (χ0v) is 22.4. The van der Waals surface area contributed by atoms with Crippen molar-refractivity contribution in [2.24, 2.45) is 0 Å². The van der Waals surface area contributed by atoms with Gasteiger partial charge in [0.2, 0.25) is 0 Å². The van der Waals surface area contributed by atoms with Crippen LogP contribution in [0.25, 0.3) is 32.8 Å². The first kappa shape index (κ1) is 24.8. The minimum absolute atomic E-state index is 0.0464. The number of fused-ring (bicyclic) bond motifs is 4. The van der Waals surface area contributed by atoms with Crippen molar-refractivity contribution in [1.82, 2.24) is 20.2 Å². The molecule has 3 aliphatic heterocycles. The van der Waals surface area contributed by atoms with E-state index < -0.39 is 5.82 Å². The number of rotatable bonds is 7. The second-order valence-corrected chi connectivity index (χ2v) is 11.3. The predicted octanol–water partition coefficient (Wildman–Crippen LogP) is 5.36. The van der Waals surface area contributed by atoms with Crippen molar-refractivity contribution in [3.63, 3.8) is 0 Å². The van der Waals surface area contributed by atoms with E-state index in [1.807, 2.05) is 24.3 Å². The number of likely N-dealkylation sites (tertiary alicyclic amines) is 1. The van der Waals surface area contributed by atoms with E-state index in [1.165, 1.54) is 6.42 Å². The van der Waals surface area contributed by atoms with Crippen molar-refractivity contribution in [2.45, 2.75) is 37.8 Å². The van der Waals surface area contributed by atoms with Crippen molar-refractivity contribution < 1.29 is 14.2 Å². The number of anilines is 1. The number of aromatic nitrogens is 2. The lowest BCUT2D eigenvalue weighted by atomic mass is 9.96. The molecule has 1 aromatic heterocycles. The minimum Gasteiger partial charge on any atom is -0.508 e. The number of phenols is 1. The molecular formula is C30H31ClFN5O2. The van der Waals surface area contributed by atoms with Gasteiger partial charge in [0.05, 0.1) is 11.6 Å². The summed E-state index contributed by atoms with van der Waals surface area (Å²) in [6.45, 7) is 5.29. The Morgan fingerprint density at radius 1 is 1.05 bits per heavy atom. The third-order valence-electron chi connectivity index (χ3n) is 8.27. The monoisotopic (exact) mass is 547 g/mol. The number of hydrogen-bond acceptors (Lipinski definition) is 7. The molecule has 39 heavy (non-hydrogen) atoms. The molecule has 3 aromatic carbocycles. The molecular weight excluding hydrogens is 517 g/mol. The maximum Gasteiger partial charge on any atom is 0.319 e. The summed E-state index contributed by atoms with van der Waals surface area (Å²) in [6.07, 6.45) is 4.35. The fraction of sp³-hybridized carbons (Fsp3) is 0.400. The third kappa shape index (κ3) is 4.64. The first-order chi connectivity index (χ1) is 19.0. The number of hydrogen-bond donors (Lipinski definition) is 2. The summed E-state index contributed by atoms with van der Waals surface area (Å²) in [5, 5.41) is 16.5. The average molecular weight is 548 g/mol. The molecule has 0 amide bonds. The summed E-state index contributed by atoms with van der Waals surface area (Å²) < 4.78 is 22.6. The molecule has 0 spiro atoms. The van der Waals surface area contributed by atoms with Crippen LogP contribution in [0.4, 0.5) is 10.2 Å². The van der Waals surface area contributed by atoms with E-state index in [1.54, 1.807) is 18.2 Å². The Hall–Kier alpha value is -3.20. The van der Waals surface area contributed by atoms with Crippen molar-refractivity contribution in [1.29, 1.82) is 0 Å². The number of halogens is 2. The Labute approximate surface area is 231 Å². The molecule has 7 nitrogen and oxygen atoms in total. The van der Waals surface area contributed by atoms with E-state index in [0.717, 1.165) is 62.8 Å². The zero-order valence-electron chi connectivity index (χ0n) is 21.7. The van der Waals surface area contributed by atoms with Gasteiger partial charge in [0.1, 0.15) is 17.1 Å². The highest BCUT2D eigenvalue weighted by Gasteiger charge is 2.34. The molecule has 3 saturated heterocycles. The molecule has 4 aromatic rings. The van der Waals surface area contributed by atoms with E-state index in [4.69, 9.17) is 21.3 Å². The highest BCUT2D eigenvalue weighted by atomic mass is 35.5. The molecule has 2 atom stereocenters. The van der Waals surface area contributed by atoms with Crippen LogP contribution in [-0.4, -0.2) is 71.4 Å². The van der Waals surface area contributed by atoms with Gasteiger partial charge in [-0.05, 0) is 73.3 Å². The van der Waals surface area contributed by atoms with Crippen LogP contribution >= 0.6 is 11.6 Å². The smallest absolute Gasteiger partial charge is 0.319 e. The van der Waals surface area contributed by atoms with Gasteiger partial charge < -0.3 is 25.0 Å². The van der Waals surface area contributed by atoms with Gasteiger partial charge >= 0.3 is 6.01 Å². The van der Waals surface area contributed by atoms with Crippen LogP contribution in [0.5, 0.6) is 11.8 Å². The van der Waals surface area contributed by atoms with Gasteiger partial charge in [-0.25, -0.2) is 4.39 Å². The van der Waals surface area contributed by atoms with Crippen LogP contribution < -0.4 is 15.0 Å². The standard InChI is InChI=1S/C30H31ClFN5O2/c31-25-15-24-28(27(32)26(25)23-14-21(38)13-18-5-1-2-6-22(18)23)34-30(39-12-4-11-36-9-3-10-36)35-29(24)37-16-19-7-8-20(17-37)33-19/h1-2,5-6,13-15,19-20,33,38H,3-4,7-12,16-17H2/t19-,20+. The first-order valence-corrected chi connectivity index (χ1v) is 14.2. The lowest BCUT2D eigenvalue weighted by molar-refractivity contribution is 0.163. The molecule has 2 bridgehead atoms. The van der Waals surface area contributed by atoms with Crippen LogP contribution in [0, 0.1) is 5.82 Å². The largest absolute Gasteiger partial charge is 0.508 e. The highest BCUT2D eigenvalue weighted by molar-refractivity contribution is 6.35. The molecule has 202 valence electrons. The lowest BCUT2D eigenvalue weighted by Crippen LogP contribution is -2.51. The zero-order chi connectivity index (χ0) is 26.5. The van der Waals surface area contributed by atoms with E-state index in [0.29, 0.717) is 35.5 Å². The van der Waals surface area contributed by atoms with Gasteiger partial charge in [0.15, 0.2) is 5.82 Å². The van der Waals surface area contributed by atoms with Crippen LogP contribution in [0.2, 0.25) is 5.02 Å². The molecule has 0 saturated carbocycles. The first-order valence-electron chi connectivity index (χ1n) is 13.8. The van der Waals surface area contributed by atoms with Crippen molar-refractivity contribution in [3.05, 3.63) is 53.3 Å². The van der Waals surface area contributed by atoms with Gasteiger partial charge in [-0.3, -0.25) is 0 Å². The van der Waals surface area contributed by atoms with E-state index in [2.05, 4.69) is 20.1 Å². The van der Waals surface area contributed by atoms with Crippen molar-refractivity contribution >= 4 is 39.1 Å². The Morgan fingerprint density at radius 3 is 2.62 bits per heavy atom. The van der Waals surface area contributed by atoms with Crippen molar-refractivity contribution in [2.75, 3.05) is 44.2 Å². The van der Waals surface area contributed by atoms with E-state index in [-0.39, 0.29) is 27.9 Å². The Kier molecular flexibility index (Phi) is 6.41. The maximum absolute atomic E-state index is 16.6. The highest BCUT2D eigenvalue weighted by Crippen LogP contribution is 2.42. The number of phenolic OH excluding ortho intramolecular Hbond substituents is 1. The summed E-state index contributed by atoms with van der Waals surface area (Å²) >= 11 is 6.82. The van der Waals surface area contributed by atoms with Crippen LogP contribution in [0.3, 0.4) is 0 Å². The number of nitrogens with zero attached hydrogens (tertiary/aromatic N) is 4. The summed E-state index contributed by atoms with van der Waals surface area (Å²) in [6, 6.07) is 13.5. The minimum atomic E-state index is -0.541. The molecule has 7 rings (SSSR count). The maximum atomic E-state index is 16.6. The van der Waals surface area contributed by atoms with E-state index >= 15 is 4.39 Å². The fourth-order valence-electron chi connectivity index (χ4n) is 6.24. The number of aromatic hydroxyl groups is 1. The quantitative estimate of drug-likeness (QED) is 0.302. The van der Waals surface area contributed by atoms with Crippen LogP contribution in [-0.2, 0) is 0 Å². The predicted molar refractivity (Wildman–Crippen MR) is 152 cm³/mol. The number of benzene rings is 3. The molecule has 3 aliphatic rings. The van der Waals surface area contributed by atoms with E-state index in [9.17, 15) is 5.11 Å². The number of ether oxygens (including phenoxy) is 1. The van der Waals surface area contributed by atoms with Gasteiger partial charge in [-0.2, -0.15) is 9.97 Å². The SMILES string of the molecule is Oc1cc(-c2c(Cl)cc3c(N4C[C@H]5CC[C@@H](C4)N5)nc(OCCCN4CCC4)nc3c2F)c2ccccc2c1. The second-order valence-electron chi connectivity index (χ2n) is 10.9.